The number of rotatable bonds is 17. The van der Waals surface area contributed by atoms with E-state index >= 15 is 0 Å². The van der Waals surface area contributed by atoms with Gasteiger partial charge in [0, 0.05) is 26.1 Å². The maximum atomic E-state index is 15.0. The number of carbonyl (C=O) groups excluding carboxylic acids is 2. The third-order valence-corrected chi connectivity index (χ3v) is 21.0. The van der Waals surface area contributed by atoms with E-state index in [9.17, 15) is 18.0 Å². The second kappa shape index (κ2) is 24.7. The van der Waals surface area contributed by atoms with Crippen LogP contribution in [-0.2, 0) is 105 Å². The lowest BCUT2D eigenvalue weighted by Gasteiger charge is -2.16. The van der Waals surface area contributed by atoms with Crippen LogP contribution in [-0.4, -0.2) is 65.2 Å². The molecule has 8 aromatic rings. The highest BCUT2D eigenvalue weighted by Gasteiger charge is 2.31. The van der Waals surface area contributed by atoms with Crippen LogP contribution in [0.4, 0.5) is 32.9 Å². The van der Waals surface area contributed by atoms with E-state index in [4.69, 9.17) is 24.3 Å². The predicted molar refractivity (Wildman–Crippen MR) is 318 cm³/mol. The fourth-order valence-electron chi connectivity index (χ4n) is 11.1. The Morgan fingerprint density at radius 1 is 0.573 bits per heavy atom. The molecule has 12 rings (SSSR count). The second-order valence-electron chi connectivity index (χ2n) is 22.2. The maximum absolute atomic E-state index is 15.0. The number of anilines is 4. The summed E-state index contributed by atoms with van der Waals surface area (Å²) in [6, 6.07) is 41.6. The summed E-state index contributed by atoms with van der Waals surface area (Å²) in [7, 11) is -8.42. The number of aromatic amines is 1. The number of nitrogens with zero attached hydrogens (tertiary/aromatic N) is 7. The van der Waals surface area contributed by atoms with Gasteiger partial charge in [0.15, 0.2) is 0 Å². The lowest BCUT2D eigenvalue weighted by molar-refractivity contribution is 0.0717. The zero-order valence-corrected chi connectivity index (χ0v) is 49.2. The number of ether oxygens (including phenoxy) is 3. The number of fused-ring (bicyclic) bond motifs is 4. The van der Waals surface area contributed by atoms with Crippen LogP contribution in [0.2, 0.25) is 25.7 Å². The van der Waals surface area contributed by atoms with E-state index in [-0.39, 0.29) is 30.3 Å². The molecule has 6 aromatic carbocycles. The van der Waals surface area contributed by atoms with Crippen LogP contribution in [0.5, 0.6) is 0 Å². The van der Waals surface area contributed by atoms with Crippen molar-refractivity contribution in [3.8, 4) is 0 Å². The van der Waals surface area contributed by atoms with Crippen LogP contribution in [0.1, 0.15) is 81.3 Å². The van der Waals surface area contributed by atoms with Crippen LogP contribution >= 0.6 is 0 Å². The third-order valence-electron chi connectivity index (χ3n) is 15.2. The highest BCUT2D eigenvalue weighted by Crippen LogP contribution is 2.41. The number of amides is 2. The molecular weight excluding hydrogens is 1090 g/mol. The Labute approximate surface area is 480 Å². The summed E-state index contributed by atoms with van der Waals surface area (Å²) in [6.07, 6.45) is 11.0. The average molecular weight is 1160 g/mol. The molecule has 2 unspecified atom stereocenters. The molecule has 0 bridgehead atoms. The summed E-state index contributed by atoms with van der Waals surface area (Å²) >= 11 is 0. The Bertz CT molecular complexity index is 3810. The Morgan fingerprint density at radius 2 is 1.00 bits per heavy atom. The van der Waals surface area contributed by atoms with Crippen LogP contribution < -0.4 is 10.6 Å². The van der Waals surface area contributed by atoms with Crippen molar-refractivity contribution in [3.05, 3.63) is 189 Å². The lowest BCUT2D eigenvalue weighted by atomic mass is 9.99. The molecular formula is C62H68N10O7S2Si. The minimum absolute atomic E-state index is 0.00193. The third kappa shape index (κ3) is 12.8. The van der Waals surface area contributed by atoms with Gasteiger partial charge in [-0.3, -0.25) is 0 Å². The number of hydrogen-bond donors (Lipinski definition) is 3. The molecule has 0 saturated carbocycles. The number of aromatic nitrogens is 6. The van der Waals surface area contributed by atoms with E-state index in [0.29, 0.717) is 28.3 Å². The van der Waals surface area contributed by atoms with Gasteiger partial charge in [-0.2, -0.15) is 9.97 Å². The van der Waals surface area contributed by atoms with Gasteiger partial charge in [0.2, 0.25) is 22.2 Å². The fourth-order valence-corrected chi connectivity index (χ4v) is 15.2. The molecule has 20 heteroatoms. The summed E-state index contributed by atoms with van der Waals surface area (Å²) in [4.78, 5) is 35.8. The second-order valence-corrected chi connectivity index (χ2v) is 32.0. The number of aryl methyl sites for hydroxylation is 4. The van der Waals surface area contributed by atoms with Gasteiger partial charge >= 0.3 is 12.2 Å². The quantitative estimate of drug-likeness (QED) is 0.0572. The Kier molecular flexibility index (Phi) is 16.9. The fraction of sp³-hybridized carbons (Fsp3) is 0.323. The lowest BCUT2D eigenvalue weighted by Crippen LogP contribution is -2.22. The van der Waals surface area contributed by atoms with E-state index in [0.717, 1.165) is 106 Å². The topological polar surface area (TPSA) is 217 Å². The van der Waals surface area contributed by atoms with E-state index in [2.05, 4.69) is 66.3 Å². The zero-order valence-electron chi connectivity index (χ0n) is 46.5. The minimum Gasteiger partial charge on any atom is -0.443 e. The van der Waals surface area contributed by atoms with Crippen molar-refractivity contribution in [2.75, 3.05) is 17.2 Å². The Hall–Kier alpha value is -7.78. The van der Waals surface area contributed by atoms with E-state index < -0.39 is 39.7 Å². The average Bonchev–Trinajstić information content (AvgIpc) is 4.32. The normalized spacial score (nSPS) is 15.4. The van der Waals surface area contributed by atoms with Gasteiger partial charge < -0.3 is 24.8 Å². The molecule has 2 heterocycles. The van der Waals surface area contributed by atoms with Crippen LogP contribution in [0.25, 0.3) is 0 Å². The molecule has 0 spiro atoms. The van der Waals surface area contributed by atoms with E-state index in [1.807, 2.05) is 66.7 Å². The largest absolute Gasteiger partial charge is 0.443 e. The highest BCUT2D eigenvalue weighted by atomic mass is 32.2. The van der Waals surface area contributed by atoms with Crippen molar-refractivity contribution < 1.29 is 32.2 Å². The molecule has 2 atom stereocenters. The molecule has 4 aliphatic carbocycles. The molecule has 3 N–H and O–H groups in total. The maximum Gasteiger partial charge on any atom is 0.442 e. The molecule has 2 aromatic heterocycles. The summed E-state index contributed by atoms with van der Waals surface area (Å²) < 4.78 is 55.7. The molecule has 0 aliphatic heterocycles. The summed E-state index contributed by atoms with van der Waals surface area (Å²) in [5, 5.41) is 18.9. The van der Waals surface area contributed by atoms with E-state index in [1.54, 1.807) is 54.6 Å². The summed E-state index contributed by atoms with van der Waals surface area (Å²) in [5.41, 5.74) is 14.6. The molecule has 17 nitrogen and oxygen atoms in total. The van der Waals surface area contributed by atoms with Crippen molar-refractivity contribution in [3.63, 3.8) is 0 Å². The standard InChI is InChI=1S/C34H41N5O4SSi.C28H27N5O3S/c1-45(2,3)21-20-42-24-39-33(36-32(37-39)35-31-29-18-10-14-26(29)22-27-15-11-19-30(27)31)44(41,28-16-8-5-9-17-28)38-34(40)43-23-25-12-6-4-7-13-25;34-28(36-18-19-9-3-1-4-10-19)33-37(35,22-13-5-2-6-14-22)27-30-26(31-32-27)29-25-23-15-7-11-20(23)17-21-12-8-16-24(21)25/h4-9,12-13,16-17,22H,10-11,14-15,18-21,23-24H2,1-3H3,(H,35,37);1-6,9-10,13-14,17H,7-8,11-12,15-16,18H2,(H2,29,30,31,32). The SMILES string of the molecule is C[Si](C)(C)CCOCn1nc(Nc2c3c(cc4c2CCC4)CCC3)nc1S(=O)(=NC(=O)OCc1ccccc1)c1ccccc1.O=C(N=S(=O)(c1ccccc1)c1nc(Nc2c3c(cc4c2CCC4)CCC3)n[nH]1)OCc1ccccc1. The first-order chi connectivity index (χ1) is 39.8. The van der Waals surface area contributed by atoms with Gasteiger partial charge in [0.1, 0.15) is 39.4 Å². The van der Waals surface area contributed by atoms with Crippen molar-refractivity contribution in [1.29, 1.82) is 0 Å². The Balaban J connectivity index is 0.000000175. The van der Waals surface area contributed by atoms with Crippen molar-refractivity contribution in [1.82, 2.24) is 29.9 Å². The summed E-state index contributed by atoms with van der Waals surface area (Å²) in [6.45, 7) is 7.48. The predicted octanol–water partition coefficient (Wildman–Crippen LogP) is 13.3. The smallest absolute Gasteiger partial charge is 0.442 e. The van der Waals surface area contributed by atoms with Crippen molar-refractivity contribution in [2.45, 2.75) is 143 Å². The van der Waals surface area contributed by atoms with Gasteiger partial charge in [-0.1, -0.05) is 129 Å². The van der Waals surface area contributed by atoms with Crippen LogP contribution in [0.3, 0.4) is 0 Å². The van der Waals surface area contributed by atoms with Gasteiger partial charge in [-0.15, -0.1) is 18.9 Å². The number of H-pyrrole nitrogens is 1. The first-order valence-electron chi connectivity index (χ1n) is 28.2. The van der Waals surface area contributed by atoms with Gasteiger partial charge in [-0.05, 0) is 163 Å². The number of nitrogens with one attached hydrogen (secondary N) is 3. The van der Waals surface area contributed by atoms with Crippen LogP contribution in [0, 0.1) is 0 Å². The molecule has 0 radical (unpaired) electrons. The van der Waals surface area contributed by atoms with Gasteiger partial charge in [-0.25, -0.2) is 27.8 Å². The summed E-state index contributed by atoms with van der Waals surface area (Å²) in [5.74, 6) is 0.616. The van der Waals surface area contributed by atoms with Crippen molar-refractivity contribution in [2.24, 2.45) is 8.73 Å². The van der Waals surface area contributed by atoms with Crippen molar-refractivity contribution >= 4 is 63.0 Å². The highest BCUT2D eigenvalue weighted by molar-refractivity contribution is 7.94. The van der Waals surface area contributed by atoms with Gasteiger partial charge in [0.25, 0.3) is 0 Å². The molecule has 2 amide bonds. The zero-order chi connectivity index (χ0) is 56.7. The molecule has 0 saturated heterocycles. The van der Waals surface area contributed by atoms with Gasteiger partial charge in [0.05, 0.1) is 9.79 Å². The number of benzene rings is 6. The minimum atomic E-state index is -3.61. The first-order valence-corrected chi connectivity index (χ1v) is 34.9. The van der Waals surface area contributed by atoms with Crippen LogP contribution in [0.15, 0.2) is 162 Å². The number of carbonyl (C=O) groups is 2. The monoisotopic (exact) mass is 1160 g/mol. The molecule has 4 aliphatic rings. The molecule has 424 valence electrons. The first kappa shape index (κ1) is 56.1. The Morgan fingerprint density at radius 3 is 1.46 bits per heavy atom. The van der Waals surface area contributed by atoms with E-state index in [1.165, 1.54) is 49.2 Å². The molecule has 82 heavy (non-hydrogen) atoms. The molecule has 0 fully saturated rings. The number of hydrogen-bond acceptors (Lipinski definition) is 13.